The van der Waals surface area contributed by atoms with Crippen molar-refractivity contribution in [2.24, 2.45) is 5.10 Å². The van der Waals surface area contributed by atoms with Gasteiger partial charge in [0, 0.05) is 18.0 Å². The van der Waals surface area contributed by atoms with Gasteiger partial charge in [0.15, 0.2) is 5.41 Å². The van der Waals surface area contributed by atoms with Gasteiger partial charge in [-0.05, 0) is 17.7 Å². The fourth-order valence-electron chi connectivity index (χ4n) is 4.48. The zero-order chi connectivity index (χ0) is 29.2. The number of rotatable bonds is 6. The first-order valence-corrected chi connectivity index (χ1v) is 14.1. The van der Waals surface area contributed by atoms with Gasteiger partial charge in [-0.2, -0.15) is 18.3 Å². The molecule has 0 saturated carbocycles. The van der Waals surface area contributed by atoms with Crippen molar-refractivity contribution in [3.63, 3.8) is 0 Å². The summed E-state index contributed by atoms with van der Waals surface area (Å²) in [6.07, 6.45) is -5.08. The molecule has 4 aromatic rings. The van der Waals surface area contributed by atoms with Crippen LogP contribution in [0.5, 0.6) is 5.75 Å². The standard InChI is InChI=1S/C27H19F3IN5O5/c28-27(29,30)26(21-4-1-5-22-20(21)3-2-14-32-22)15-23(34-35-24(26)37)16-6-10-18(11-7-16)33-25(38)41-19-12-8-17(9-13-19)31-36(39)40/h1-14,36H,15H2,(H,33,38)(H,35,37)/q-2. The summed E-state index contributed by atoms with van der Waals surface area (Å²) in [6, 6.07) is 19.1. The fraction of sp³-hybridized carbons (Fsp3) is 0.111. The number of fused-ring (bicyclic) bond motifs is 1. The van der Waals surface area contributed by atoms with Gasteiger partial charge in [0.25, 0.3) is 5.91 Å². The summed E-state index contributed by atoms with van der Waals surface area (Å²) in [4.78, 5) is 29.4. The minimum atomic E-state index is -4.96. The van der Waals surface area contributed by atoms with Crippen LogP contribution in [0.25, 0.3) is 10.9 Å². The van der Waals surface area contributed by atoms with Gasteiger partial charge in [0.1, 0.15) is 0 Å². The molecule has 0 fully saturated rings. The van der Waals surface area contributed by atoms with E-state index in [1.54, 1.807) is 6.07 Å². The number of quaternary nitrogens is 1. The van der Waals surface area contributed by atoms with Crippen molar-refractivity contribution in [1.82, 2.24) is 10.4 Å². The molecule has 14 heteroatoms. The fourth-order valence-corrected chi connectivity index (χ4v) is 5.70. The molecule has 0 spiro atoms. The van der Waals surface area contributed by atoms with E-state index in [-0.39, 0.29) is 22.4 Å². The number of ether oxygens (including phenoxy) is 1. The third-order valence-corrected chi connectivity index (χ3v) is 8.16. The molecule has 3 N–H and O–H groups in total. The first-order valence-electron chi connectivity index (χ1n) is 11.9. The van der Waals surface area contributed by atoms with Crippen molar-refractivity contribution in [2.45, 2.75) is 18.0 Å². The number of alkyl halides is 3. The van der Waals surface area contributed by atoms with Gasteiger partial charge in [0.2, 0.25) is 0 Å². The molecule has 3 aromatic carbocycles. The van der Waals surface area contributed by atoms with Crippen LogP contribution < -0.4 is 40.4 Å². The second-order valence-corrected chi connectivity index (χ2v) is 11.5. The number of hydrazone groups is 1. The molecule has 0 saturated heterocycles. The molecule has 2 heterocycles. The SMILES string of the molecule is O=C(Nc1ccc(C2=NNC(=O)C(c3cccc4ncccc34)(C(F)(F)F)C2)cc1)Oc1ccc([I-][NH+]([O-])[O-])cc1. The molecular formula is C27H19F3IN5O5-2. The molecule has 1 aliphatic rings. The molecule has 0 radical (unpaired) electrons. The van der Waals surface area contributed by atoms with Crippen LogP contribution in [0.15, 0.2) is 90.2 Å². The van der Waals surface area contributed by atoms with E-state index in [1.807, 2.05) is 0 Å². The number of nitrogens with one attached hydrogen (secondary N) is 3. The van der Waals surface area contributed by atoms with E-state index in [4.69, 9.17) is 4.74 Å². The number of carbonyl (C=O) groups excluding carboxylic acids is 2. The van der Waals surface area contributed by atoms with E-state index in [0.29, 0.717) is 20.3 Å². The number of benzene rings is 3. The Morgan fingerprint density at radius 3 is 2.44 bits per heavy atom. The molecule has 1 unspecified atom stereocenters. The molecule has 10 nitrogen and oxygen atoms in total. The molecular weight excluding hydrogens is 658 g/mol. The quantitative estimate of drug-likeness (QED) is 0.155. The van der Waals surface area contributed by atoms with Gasteiger partial charge < -0.3 is 0 Å². The molecule has 1 aliphatic heterocycles. The number of hydrogen-bond acceptors (Lipinski definition) is 7. The summed E-state index contributed by atoms with van der Waals surface area (Å²) in [7, 11) is 0. The summed E-state index contributed by atoms with van der Waals surface area (Å²) in [5.74, 6) is -1.11. The molecule has 0 bridgehead atoms. The normalized spacial score (nSPS) is 17.3. The van der Waals surface area contributed by atoms with Crippen LogP contribution in [0.1, 0.15) is 17.5 Å². The zero-order valence-electron chi connectivity index (χ0n) is 20.7. The number of halogens is 4. The topological polar surface area (TPSA) is 143 Å². The Morgan fingerprint density at radius 2 is 1.76 bits per heavy atom. The summed E-state index contributed by atoms with van der Waals surface area (Å²) in [5.41, 5.74) is -0.153. The van der Waals surface area contributed by atoms with Crippen molar-refractivity contribution in [1.29, 1.82) is 0 Å². The average Bonchev–Trinajstić information content (AvgIpc) is 2.94. The van der Waals surface area contributed by atoms with Crippen LogP contribution in [-0.2, 0) is 10.2 Å². The van der Waals surface area contributed by atoms with E-state index in [9.17, 15) is 33.2 Å². The van der Waals surface area contributed by atoms with Gasteiger partial charge >= 0.3 is 137 Å². The number of pyridine rings is 1. The predicted octanol–water partition coefficient (Wildman–Crippen LogP) is 0.624. The first-order chi connectivity index (χ1) is 19.6. The van der Waals surface area contributed by atoms with E-state index >= 15 is 0 Å². The Labute approximate surface area is 241 Å². The van der Waals surface area contributed by atoms with Gasteiger partial charge in [0.05, 0.1) is 5.52 Å². The van der Waals surface area contributed by atoms with Gasteiger partial charge in [-0.3, -0.25) is 9.78 Å². The number of hydrogen-bond donors (Lipinski definition) is 3. The third-order valence-electron chi connectivity index (χ3n) is 6.38. The van der Waals surface area contributed by atoms with Crippen molar-refractivity contribution < 1.29 is 52.4 Å². The monoisotopic (exact) mass is 677 g/mol. The van der Waals surface area contributed by atoms with E-state index < -0.39 is 54.9 Å². The summed E-state index contributed by atoms with van der Waals surface area (Å²) in [6.45, 7) is 0. The first kappa shape index (κ1) is 28.4. The molecule has 212 valence electrons. The third kappa shape index (κ3) is 5.85. The average molecular weight is 677 g/mol. The minimum absolute atomic E-state index is 0.00333. The van der Waals surface area contributed by atoms with Crippen LogP contribution in [0.2, 0.25) is 0 Å². The number of carbonyl (C=O) groups is 2. The Balaban J connectivity index is 1.35. The second kappa shape index (κ2) is 11.4. The zero-order valence-corrected chi connectivity index (χ0v) is 22.9. The molecule has 2 amide bonds. The van der Waals surface area contributed by atoms with Gasteiger partial charge in [-0.25, -0.2) is 5.43 Å². The van der Waals surface area contributed by atoms with Crippen molar-refractivity contribution >= 4 is 34.3 Å². The summed E-state index contributed by atoms with van der Waals surface area (Å²) in [5, 5.41) is 28.1. The molecule has 1 atom stereocenters. The van der Waals surface area contributed by atoms with Crippen LogP contribution in [0.3, 0.4) is 0 Å². The molecule has 0 aliphatic carbocycles. The van der Waals surface area contributed by atoms with Gasteiger partial charge in [-0.1, -0.05) is 18.2 Å². The van der Waals surface area contributed by atoms with E-state index in [1.165, 1.54) is 79.0 Å². The Kier molecular flexibility index (Phi) is 7.90. The summed E-state index contributed by atoms with van der Waals surface area (Å²) < 4.78 is 49.0. The molecule has 41 heavy (non-hydrogen) atoms. The number of anilines is 1. The number of nitrogens with zero attached hydrogens (tertiary/aromatic N) is 2. The van der Waals surface area contributed by atoms with Crippen LogP contribution in [-0.4, -0.2) is 28.9 Å². The number of amides is 2. The summed E-state index contributed by atoms with van der Waals surface area (Å²) >= 11 is -1.30. The second-order valence-electron chi connectivity index (χ2n) is 8.83. The van der Waals surface area contributed by atoms with Crippen molar-refractivity contribution in [3.8, 4) is 5.75 Å². The van der Waals surface area contributed by atoms with Gasteiger partial charge in [-0.15, -0.1) is 0 Å². The Morgan fingerprint density at radius 1 is 1.02 bits per heavy atom. The molecule has 5 rings (SSSR count). The number of aromatic nitrogens is 1. The van der Waals surface area contributed by atoms with Crippen molar-refractivity contribution in [2.75, 3.05) is 5.32 Å². The van der Waals surface area contributed by atoms with Crippen LogP contribution in [0, 0.1) is 14.0 Å². The van der Waals surface area contributed by atoms with Crippen LogP contribution in [0.4, 0.5) is 23.7 Å². The molecule has 1 aromatic heterocycles. The Bertz CT molecular complexity index is 1630. The Hall–Kier alpha value is -4.12. The van der Waals surface area contributed by atoms with E-state index in [0.717, 1.165) is 0 Å². The van der Waals surface area contributed by atoms with Crippen molar-refractivity contribution in [3.05, 3.63) is 110 Å². The predicted molar refractivity (Wildman–Crippen MR) is 138 cm³/mol. The maximum absolute atomic E-state index is 14.8. The van der Waals surface area contributed by atoms with E-state index in [2.05, 4.69) is 20.8 Å². The maximum atomic E-state index is 14.8. The van der Waals surface area contributed by atoms with Crippen LogP contribution >= 0.6 is 0 Å².